The zero-order chi connectivity index (χ0) is 13.7. The van der Waals surface area contributed by atoms with Crippen LogP contribution in [0.1, 0.15) is 11.1 Å². The normalized spacial score (nSPS) is 9.70. The number of benzene rings is 2. The van der Waals surface area contributed by atoms with Crippen LogP contribution in [-0.4, -0.2) is 5.91 Å². The third-order valence-electron chi connectivity index (χ3n) is 2.77. The quantitative estimate of drug-likeness (QED) is 0.911. The van der Waals surface area contributed by atoms with Crippen LogP contribution in [-0.2, 0) is 17.8 Å². The monoisotopic (exact) mass is 294 g/mol. The van der Waals surface area contributed by atoms with E-state index in [2.05, 4.69) is 5.32 Å². The second-order valence-corrected chi connectivity index (χ2v) is 4.23. The van der Waals surface area contributed by atoms with Crippen LogP contribution in [0.3, 0.4) is 0 Å². The molecule has 0 atom stereocenters. The summed E-state index contributed by atoms with van der Waals surface area (Å²) in [5, 5.41) is 2.55. The van der Waals surface area contributed by atoms with E-state index >= 15 is 0 Å². The molecule has 0 radical (unpaired) electrons. The molecular weight excluding hydrogens is 279 g/mol. The SMILES string of the molecule is Cl.NCc1ccc(CC(=O)Nc2ccccc2F)cc1. The lowest BCUT2D eigenvalue weighted by Crippen LogP contribution is -2.15. The summed E-state index contributed by atoms with van der Waals surface area (Å²) in [6.07, 6.45) is 0.208. The summed E-state index contributed by atoms with van der Waals surface area (Å²) >= 11 is 0. The Balaban J connectivity index is 0.00000200. The van der Waals surface area contributed by atoms with Gasteiger partial charge < -0.3 is 11.1 Å². The predicted octanol–water partition coefficient (Wildman–Crippen LogP) is 2.89. The molecule has 0 unspecified atom stereocenters. The molecule has 20 heavy (non-hydrogen) atoms. The Kier molecular flexibility index (Phi) is 6.15. The summed E-state index contributed by atoms with van der Waals surface area (Å²) in [5.41, 5.74) is 7.58. The van der Waals surface area contributed by atoms with Gasteiger partial charge in [0.25, 0.3) is 0 Å². The zero-order valence-corrected chi connectivity index (χ0v) is 11.6. The molecule has 0 spiro atoms. The average molecular weight is 295 g/mol. The lowest BCUT2D eigenvalue weighted by atomic mass is 10.1. The van der Waals surface area contributed by atoms with E-state index in [1.54, 1.807) is 12.1 Å². The van der Waals surface area contributed by atoms with E-state index in [0.29, 0.717) is 6.54 Å². The first-order chi connectivity index (χ1) is 9.19. The largest absolute Gasteiger partial charge is 0.326 e. The molecule has 0 aliphatic heterocycles. The number of nitrogens with one attached hydrogen (secondary N) is 1. The van der Waals surface area contributed by atoms with Crippen LogP contribution >= 0.6 is 12.4 Å². The van der Waals surface area contributed by atoms with Crippen molar-refractivity contribution in [2.75, 3.05) is 5.32 Å². The Morgan fingerprint density at radius 1 is 1.05 bits per heavy atom. The van der Waals surface area contributed by atoms with E-state index in [4.69, 9.17) is 5.73 Å². The maximum Gasteiger partial charge on any atom is 0.228 e. The molecule has 2 rings (SSSR count). The fraction of sp³-hybridized carbons (Fsp3) is 0.133. The van der Waals surface area contributed by atoms with Gasteiger partial charge in [0, 0.05) is 6.54 Å². The molecule has 2 aromatic carbocycles. The summed E-state index contributed by atoms with van der Waals surface area (Å²) in [6.45, 7) is 0.474. The number of nitrogens with two attached hydrogens (primary N) is 1. The van der Waals surface area contributed by atoms with Crippen molar-refractivity contribution in [2.45, 2.75) is 13.0 Å². The molecule has 5 heteroatoms. The smallest absolute Gasteiger partial charge is 0.228 e. The first-order valence-corrected chi connectivity index (χ1v) is 6.01. The van der Waals surface area contributed by atoms with Gasteiger partial charge in [-0.3, -0.25) is 4.79 Å². The molecule has 0 aliphatic carbocycles. The first kappa shape index (κ1) is 16.1. The number of para-hydroxylation sites is 1. The molecule has 3 N–H and O–H groups in total. The molecule has 0 aromatic heterocycles. The van der Waals surface area contributed by atoms with Crippen molar-refractivity contribution in [3.63, 3.8) is 0 Å². The van der Waals surface area contributed by atoms with E-state index in [9.17, 15) is 9.18 Å². The second kappa shape index (κ2) is 7.62. The minimum Gasteiger partial charge on any atom is -0.326 e. The summed E-state index contributed by atoms with van der Waals surface area (Å²) in [6, 6.07) is 13.6. The van der Waals surface area contributed by atoms with Gasteiger partial charge in [0.2, 0.25) is 5.91 Å². The lowest BCUT2D eigenvalue weighted by molar-refractivity contribution is -0.115. The Bertz CT molecular complexity index is 572. The molecular formula is C15H16ClFN2O. The minimum atomic E-state index is -0.436. The topological polar surface area (TPSA) is 55.1 Å². The number of halogens is 2. The number of carbonyl (C=O) groups is 1. The molecule has 2 aromatic rings. The van der Waals surface area contributed by atoms with Gasteiger partial charge in [-0.05, 0) is 23.3 Å². The van der Waals surface area contributed by atoms with Gasteiger partial charge in [0.1, 0.15) is 5.82 Å². The highest BCUT2D eigenvalue weighted by Gasteiger charge is 2.07. The molecule has 0 fully saturated rings. The van der Waals surface area contributed by atoms with Crippen LogP contribution in [0.15, 0.2) is 48.5 Å². The Morgan fingerprint density at radius 2 is 1.65 bits per heavy atom. The highest BCUT2D eigenvalue weighted by molar-refractivity contribution is 5.92. The van der Waals surface area contributed by atoms with Crippen molar-refractivity contribution in [3.8, 4) is 0 Å². The van der Waals surface area contributed by atoms with Crippen molar-refractivity contribution in [1.82, 2.24) is 0 Å². The number of hydrogen-bond acceptors (Lipinski definition) is 2. The highest BCUT2D eigenvalue weighted by Crippen LogP contribution is 2.13. The van der Waals surface area contributed by atoms with Crippen molar-refractivity contribution in [2.24, 2.45) is 5.73 Å². The van der Waals surface area contributed by atoms with Crippen LogP contribution in [0, 0.1) is 5.82 Å². The van der Waals surface area contributed by atoms with E-state index in [0.717, 1.165) is 11.1 Å². The van der Waals surface area contributed by atoms with Crippen LogP contribution in [0.5, 0.6) is 0 Å². The number of anilines is 1. The summed E-state index contributed by atoms with van der Waals surface area (Å²) in [5.74, 6) is -0.681. The molecule has 0 saturated carbocycles. The summed E-state index contributed by atoms with van der Waals surface area (Å²) < 4.78 is 13.4. The van der Waals surface area contributed by atoms with E-state index in [-0.39, 0.29) is 30.4 Å². The van der Waals surface area contributed by atoms with Crippen LogP contribution < -0.4 is 11.1 Å². The van der Waals surface area contributed by atoms with Crippen molar-refractivity contribution < 1.29 is 9.18 Å². The molecule has 0 heterocycles. The molecule has 0 aliphatic rings. The average Bonchev–Trinajstić information content (AvgIpc) is 2.42. The van der Waals surface area contributed by atoms with Crippen LogP contribution in [0.2, 0.25) is 0 Å². The molecule has 106 valence electrons. The van der Waals surface area contributed by atoms with Gasteiger partial charge >= 0.3 is 0 Å². The number of hydrogen-bond donors (Lipinski definition) is 2. The minimum absolute atomic E-state index is 0. The van der Waals surface area contributed by atoms with Gasteiger partial charge in [-0.15, -0.1) is 12.4 Å². The third-order valence-corrected chi connectivity index (χ3v) is 2.77. The van der Waals surface area contributed by atoms with E-state index < -0.39 is 5.82 Å². The first-order valence-electron chi connectivity index (χ1n) is 6.01. The molecule has 0 bridgehead atoms. The Labute approximate surface area is 123 Å². The van der Waals surface area contributed by atoms with Gasteiger partial charge in [0.15, 0.2) is 0 Å². The maximum atomic E-state index is 13.4. The summed E-state index contributed by atoms with van der Waals surface area (Å²) in [7, 11) is 0. The molecule has 3 nitrogen and oxygen atoms in total. The fourth-order valence-corrected chi connectivity index (χ4v) is 1.74. The van der Waals surface area contributed by atoms with Gasteiger partial charge in [-0.2, -0.15) is 0 Å². The third kappa shape index (κ3) is 4.33. The number of amides is 1. The zero-order valence-electron chi connectivity index (χ0n) is 10.8. The van der Waals surface area contributed by atoms with Gasteiger partial charge in [-0.25, -0.2) is 4.39 Å². The van der Waals surface area contributed by atoms with Gasteiger partial charge in [-0.1, -0.05) is 36.4 Å². The van der Waals surface area contributed by atoms with Crippen molar-refractivity contribution >= 4 is 24.0 Å². The van der Waals surface area contributed by atoms with Crippen LogP contribution in [0.4, 0.5) is 10.1 Å². The maximum absolute atomic E-state index is 13.4. The highest BCUT2D eigenvalue weighted by atomic mass is 35.5. The van der Waals surface area contributed by atoms with E-state index in [1.165, 1.54) is 12.1 Å². The van der Waals surface area contributed by atoms with Gasteiger partial charge in [0.05, 0.1) is 12.1 Å². The Hall–Kier alpha value is -1.91. The predicted molar refractivity (Wildman–Crippen MR) is 80.3 cm³/mol. The van der Waals surface area contributed by atoms with E-state index in [1.807, 2.05) is 24.3 Å². The van der Waals surface area contributed by atoms with Crippen molar-refractivity contribution in [3.05, 3.63) is 65.5 Å². The fourth-order valence-electron chi connectivity index (χ4n) is 1.74. The number of carbonyl (C=O) groups excluding carboxylic acids is 1. The second-order valence-electron chi connectivity index (χ2n) is 4.23. The number of rotatable bonds is 4. The molecule has 1 amide bonds. The molecule has 0 saturated heterocycles. The van der Waals surface area contributed by atoms with Crippen molar-refractivity contribution in [1.29, 1.82) is 0 Å². The Morgan fingerprint density at radius 3 is 2.25 bits per heavy atom. The lowest BCUT2D eigenvalue weighted by Gasteiger charge is -2.06. The standard InChI is InChI=1S/C15H15FN2O.ClH/c16-13-3-1-2-4-14(13)18-15(19)9-11-5-7-12(10-17)8-6-11;/h1-8H,9-10,17H2,(H,18,19);1H. The van der Waals surface area contributed by atoms with Crippen LogP contribution in [0.25, 0.3) is 0 Å². The summed E-state index contributed by atoms with van der Waals surface area (Å²) in [4.78, 5) is 11.8.